The molecule has 2 aliphatic heterocycles. The van der Waals surface area contributed by atoms with Crippen molar-refractivity contribution in [3.8, 4) is 0 Å². The first-order chi connectivity index (χ1) is 16.8. The standard InChI is InChI=1S/C25H26N4O6/c30-21(6-7-23(32)33)27-16-4-5-17-18(10-26-19(17)9-16)24(25(34)35)28-11-14-8-15(13-28)20-2-1-3-22(31)29(20)12-14/h1-5,9-10,14-15,24,26H,6-8,11-13H2,(H,27,30)(H,32,33)(H,34,35)/t14-,15-,24?/m0/s1. The molecule has 2 aromatic heterocycles. The highest BCUT2D eigenvalue weighted by atomic mass is 16.4. The number of amides is 1. The average molecular weight is 479 g/mol. The number of benzene rings is 1. The minimum atomic E-state index is -1.04. The molecular weight excluding hydrogens is 452 g/mol. The number of rotatable bonds is 7. The van der Waals surface area contributed by atoms with Crippen LogP contribution in [0.25, 0.3) is 10.9 Å². The number of piperidine rings is 1. The lowest BCUT2D eigenvalue weighted by atomic mass is 9.82. The zero-order valence-electron chi connectivity index (χ0n) is 18.9. The summed E-state index contributed by atoms with van der Waals surface area (Å²) in [6.07, 6.45) is 2.25. The number of carbonyl (C=O) groups excluding carboxylic acids is 1. The monoisotopic (exact) mass is 478 g/mol. The minimum absolute atomic E-state index is 0.0112. The lowest BCUT2D eigenvalue weighted by molar-refractivity contribution is -0.145. The molecule has 1 saturated heterocycles. The van der Waals surface area contributed by atoms with Crippen LogP contribution in [0.5, 0.6) is 0 Å². The summed E-state index contributed by atoms with van der Waals surface area (Å²) in [6.45, 7) is 1.72. The van der Waals surface area contributed by atoms with Crippen molar-refractivity contribution >= 4 is 34.4 Å². The number of hydrogen-bond acceptors (Lipinski definition) is 5. The normalized spacial score (nSPS) is 20.2. The van der Waals surface area contributed by atoms with Crippen LogP contribution in [0.4, 0.5) is 5.69 Å². The summed E-state index contributed by atoms with van der Waals surface area (Å²) in [5, 5.41) is 22.4. The quantitative estimate of drug-likeness (QED) is 0.408. The summed E-state index contributed by atoms with van der Waals surface area (Å²) < 4.78 is 1.82. The van der Waals surface area contributed by atoms with Crippen molar-refractivity contribution in [2.75, 3.05) is 18.4 Å². The van der Waals surface area contributed by atoms with Crippen LogP contribution in [0.15, 0.2) is 47.4 Å². The number of H-pyrrole nitrogens is 1. The summed E-state index contributed by atoms with van der Waals surface area (Å²) in [5.41, 5.74) is 2.77. The number of anilines is 1. The van der Waals surface area contributed by atoms with E-state index in [0.717, 1.165) is 17.5 Å². The maximum atomic E-state index is 12.5. The van der Waals surface area contributed by atoms with Crippen molar-refractivity contribution < 1.29 is 24.6 Å². The second kappa shape index (κ2) is 9.03. The number of pyridine rings is 1. The van der Waals surface area contributed by atoms with E-state index in [4.69, 9.17) is 5.11 Å². The Morgan fingerprint density at radius 2 is 1.91 bits per heavy atom. The number of likely N-dealkylation sites (tertiary alicyclic amines) is 1. The zero-order chi connectivity index (χ0) is 24.7. The van der Waals surface area contributed by atoms with Crippen LogP contribution in [0.2, 0.25) is 0 Å². The second-order valence-corrected chi connectivity index (χ2v) is 9.34. The zero-order valence-corrected chi connectivity index (χ0v) is 18.9. The molecule has 4 heterocycles. The molecule has 1 amide bonds. The Bertz CT molecular complexity index is 1380. The molecule has 4 N–H and O–H groups in total. The lowest BCUT2D eigenvalue weighted by Crippen LogP contribution is -2.49. The van der Waals surface area contributed by atoms with E-state index in [1.807, 2.05) is 15.5 Å². The van der Waals surface area contributed by atoms with E-state index in [-0.39, 0.29) is 30.2 Å². The molecule has 0 spiro atoms. The van der Waals surface area contributed by atoms with Gasteiger partial charge in [0.05, 0.1) is 6.42 Å². The maximum absolute atomic E-state index is 12.5. The molecule has 3 aromatic rings. The maximum Gasteiger partial charge on any atom is 0.325 e. The van der Waals surface area contributed by atoms with E-state index in [0.29, 0.717) is 36.4 Å². The molecule has 0 aliphatic carbocycles. The van der Waals surface area contributed by atoms with Crippen molar-refractivity contribution in [3.05, 3.63) is 64.2 Å². The van der Waals surface area contributed by atoms with Gasteiger partial charge in [-0.3, -0.25) is 24.1 Å². The molecule has 0 radical (unpaired) electrons. The van der Waals surface area contributed by atoms with Crippen molar-refractivity contribution in [3.63, 3.8) is 0 Å². The first-order valence-electron chi connectivity index (χ1n) is 11.6. The molecule has 3 atom stereocenters. The summed E-state index contributed by atoms with van der Waals surface area (Å²) in [7, 11) is 0. The Morgan fingerprint density at radius 3 is 2.69 bits per heavy atom. The number of aromatic amines is 1. The molecule has 2 aliphatic rings. The van der Waals surface area contributed by atoms with E-state index in [1.165, 1.54) is 0 Å². The molecule has 5 rings (SSSR count). The Morgan fingerprint density at radius 1 is 1.09 bits per heavy atom. The van der Waals surface area contributed by atoms with Gasteiger partial charge in [0, 0.05) is 72.1 Å². The summed E-state index contributed by atoms with van der Waals surface area (Å²) in [5.74, 6) is -2.10. The third-order valence-corrected chi connectivity index (χ3v) is 6.97. The fraction of sp³-hybridized carbons (Fsp3) is 0.360. The SMILES string of the molecule is O=C(O)CCC(=O)Nc1ccc2c(C(C(=O)O)N3C[C@@H]4C[C@@H](C3)c3cccc(=O)n3C4)c[nH]c2c1. The smallest absolute Gasteiger partial charge is 0.325 e. The van der Waals surface area contributed by atoms with Crippen LogP contribution in [0.1, 0.15) is 42.5 Å². The van der Waals surface area contributed by atoms with E-state index in [2.05, 4.69) is 10.3 Å². The van der Waals surface area contributed by atoms with Gasteiger partial charge in [-0.25, -0.2) is 0 Å². The van der Waals surface area contributed by atoms with Gasteiger partial charge in [0.25, 0.3) is 5.56 Å². The van der Waals surface area contributed by atoms with E-state index >= 15 is 0 Å². The molecule has 182 valence electrons. The summed E-state index contributed by atoms with van der Waals surface area (Å²) in [6, 6.07) is 9.60. The summed E-state index contributed by atoms with van der Waals surface area (Å²) in [4.78, 5) is 52.6. The van der Waals surface area contributed by atoms with Gasteiger partial charge in [-0.1, -0.05) is 12.1 Å². The average Bonchev–Trinajstić information content (AvgIpc) is 3.21. The lowest BCUT2D eigenvalue weighted by Gasteiger charge is -2.44. The van der Waals surface area contributed by atoms with Crippen molar-refractivity contribution in [2.45, 2.75) is 37.8 Å². The van der Waals surface area contributed by atoms with Gasteiger partial charge in [-0.05, 0) is 30.5 Å². The fourth-order valence-corrected chi connectivity index (χ4v) is 5.53. The number of aliphatic carboxylic acids is 2. The molecule has 1 fully saturated rings. The Labute approximate surface area is 200 Å². The number of carboxylic acid groups (broad SMARTS) is 2. The molecule has 35 heavy (non-hydrogen) atoms. The minimum Gasteiger partial charge on any atom is -0.481 e. The van der Waals surface area contributed by atoms with E-state index in [9.17, 15) is 24.3 Å². The Hall–Kier alpha value is -3.92. The van der Waals surface area contributed by atoms with Crippen LogP contribution in [0.3, 0.4) is 0 Å². The highest BCUT2D eigenvalue weighted by Crippen LogP contribution is 2.39. The molecule has 1 unspecified atom stereocenters. The topological polar surface area (TPSA) is 145 Å². The van der Waals surface area contributed by atoms with E-state index in [1.54, 1.807) is 36.5 Å². The molecule has 1 aromatic carbocycles. The second-order valence-electron chi connectivity index (χ2n) is 9.34. The predicted octanol–water partition coefficient (Wildman–Crippen LogP) is 2.38. The highest BCUT2D eigenvalue weighted by molar-refractivity contribution is 5.96. The number of hydrogen-bond donors (Lipinski definition) is 4. The third kappa shape index (κ3) is 4.44. The number of nitrogens with one attached hydrogen (secondary N) is 2. The molecule has 2 bridgehead atoms. The van der Waals surface area contributed by atoms with Gasteiger partial charge < -0.3 is 25.1 Å². The van der Waals surface area contributed by atoms with Gasteiger partial charge in [-0.2, -0.15) is 0 Å². The van der Waals surface area contributed by atoms with Crippen LogP contribution in [0, 0.1) is 5.92 Å². The van der Waals surface area contributed by atoms with E-state index < -0.39 is 23.9 Å². The van der Waals surface area contributed by atoms with Gasteiger partial charge in [0.1, 0.15) is 6.04 Å². The third-order valence-electron chi connectivity index (χ3n) is 6.97. The fourth-order valence-electron chi connectivity index (χ4n) is 5.53. The Kier molecular flexibility index (Phi) is 5.89. The van der Waals surface area contributed by atoms with Gasteiger partial charge in [-0.15, -0.1) is 0 Å². The number of fused-ring (bicyclic) bond motifs is 5. The number of carboxylic acids is 2. The molecule has 10 nitrogen and oxygen atoms in total. The van der Waals surface area contributed by atoms with Crippen LogP contribution in [-0.2, 0) is 20.9 Å². The van der Waals surface area contributed by atoms with Crippen molar-refractivity contribution in [2.24, 2.45) is 5.92 Å². The van der Waals surface area contributed by atoms with Crippen LogP contribution in [-0.4, -0.2) is 55.6 Å². The van der Waals surface area contributed by atoms with Gasteiger partial charge >= 0.3 is 11.9 Å². The number of nitrogens with zero attached hydrogens (tertiary/aromatic N) is 2. The van der Waals surface area contributed by atoms with Crippen molar-refractivity contribution in [1.29, 1.82) is 0 Å². The molecule has 0 saturated carbocycles. The predicted molar refractivity (Wildman–Crippen MR) is 127 cm³/mol. The van der Waals surface area contributed by atoms with Crippen LogP contribution < -0.4 is 10.9 Å². The summed E-state index contributed by atoms with van der Waals surface area (Å²) >= 11 is 0. The molecular formula is C25H26N4O6. The molecule has 10 heteroatoms. The Balaban J connectivity index is 1.40. The van der Waals surface area contributed by atoms with Gasteiger partial charge in [0.15, 0.2) is 0 Å². The number of aromatic nitrogens is 2. The first kappa shape index (κ1) is 22.9. The highest BCUT2D eigenvalue weighted by Gasteiger charge is 2.40. The largest absolute Gasteiger partial charge is 0.481 e. The number of carbonyl (C=O) groups is 3. The van der Waals surface area contributed by atoms with Gasteiger partial charge in [0.2, 0.25) is 5.91 Å². The van der Waals surface area contributed by atoms with Crippen molar-refractivity contribution in [1.82, 2.24) is 14.5 Å². The van der Waals surface area contributed by atoms with Crippen LogP contribution >= 0.6 is 0 Å². The first-order valence-corrected chi connectivity index (χ1v) is 11.6.